The van der Waals surface area contributed by atoms with Crippen LogP contribution in [-0.4, -0.2) is 4.57 Å². The SMILES string of the molecule is Cc1cc2c(n1CCC1CC1)CC(C)(C)CC2N. The lowest BCUT2D eigenvalue weighted by Crippen LogP contribution is -2.30. The summed E-state index contributed by atoms with van der Waals surface area (Å²) in [6.45, 7) is 8.15. The molecule has 0 radical (unpaired) electrons. The summed E-state index contributed by atoms with van der Waals surface area (Å²) in [5.41, 5.74) is 11.1. The lowest BCUT2D eigenvalue weighted by molar-refractivity contribution is 0.274. The minimum atomic E-state index is 0.240. The van der Waals surface area contributed by atoms with E-state index in [1.54, 1.807) is 0 Å². The van der Waals surface area contributed by atoms with Gasteiger partial charge in [-0.3, -0.25) is 0 Å². The predicted molar refractivity (Wildman–Crippen MR) is 75.5 cm³/mol. The summed E-state index contributed by atoms with van der Waals surface area (Å²) in [5.74, 6) is 1.01. The highest BCUT2D eigenvalue weighted by molar-refractivity contribution is 5.34. The largest absolute Gasteiger partial charge is 0.349 e. The number of nitrogens with zero attached hydrogens (tertiary/aromatic N) is 1. The maximum Gasteiger partial charge on any atom is 0.0318 e. The van der Waals surface area contributed by atoms with Gasteiger partial charge in [0.1, 0.15) is 0 Å². The fourth-order valence-electron chi connectivity index (χ4n) is 3.53. The van der Waals surface area contributed by atoms with Crippen molar-refractivity contribution in [1.82, 2.24) is 4.57 Å². The molecule has 2 N–H and O–H groups in total. The van der Waals surface area contributed by atoms with Gasteiger partial charge >= 0.3 is 0 Å². The van der Waals surface area contributed by atoms with E-state index in [1.165, 1.54) is 49.2 Å². The molecule has 0 amide bonds. The molecule has 2 heteroatoms. The topological polar surface area (TPSA) is 30.9 Å². The van der Waals surface area contributed by atoms with Crippen molar-refractivity contribution >= 4 is 0 Å². The highest BCUT2D eigenvalue weighted by Gasteiger charge is 2.33. The molecule has 0 saturated heterocycles. The fraction of sp³-hybridized carbons (Fsp3) is 0.750. The van der Waals surface area contributed by atoms with Crippen LogP contribution in [0.3, 0.4) is 0 Å². The zero-order valence-corrected chi connectivity index (χ0v) is 12.0. The molecule has 100 valence electrons. The molecular weight excluding hydrogens is 220 g/mol. The molecule has 1 fully saturated rings. The van der Waals surface area contributed by atoms with E-state index in [0.29, 0.717) is 5.41 Å². The molecular formula is C16H26N2. The number of nitrogens with two attached hydrogens (primary N) is 1. The highest BCUT2D eigenvalue weighted by atomic mass is 15.0. The van der Waals surface area contributed by atoms with Gasteiger partial charge in [0.15, 0.2) is 0 Å². The van der Waals surface area contributed by atoms with Crippen LogP contribution < -0.4 is 5.73 Å². The Morgan fingerprint density at radius 3 is 2.78 bits per heavy atom. The van der Waals surface area contributed by atoms with Crippen molar-refractivity contribution in [3.05, 3.63) is 23.0 Å². The van der Waals surface area contributed by atoms with Gasteiger partial charge in [-0.15, -0.1) is 0 Å². The van der Waals surface area contributed by atoms with Crippen molar-refractivity contribution < 1.29 is 0 Å². The van der Waals surface area contributed by atoms with E-state index in [-0.39, 0.29) is 6.04 Å². The summed E-state index contributed by atoms with van der Waals surface area (Å²) in [6.07, 6.45) is 6.57. The van der Waals surface area contributed by atoms with Crippen LogP contribution in [0.25, 0.3) is 0 Å². The Morgan fingerprint density at radius 1 is 1.39 bits per heavy atom. The zero-order chi connectivity index (χ0) is 12.9. The molecule has 0 aromatic carbocycles. The third kappa shape index (κ3) is 2.23. The molecule has 0 spiro atoms. The molecule has 1 aromatic heterocycles. The van der Waals surface area contributed by atoms with E-state index in [0.717, 1.165) is 12.3 Å². The minimum absolute atomic E-state index is 0.240. The lowest BCUT2D eigenvalue weighted by Gasteiger charge is -2.34. The molecule has 0 aliphatic heterocycles. The van der Waals surface area contributed by atoms with Gasteiger partial charge in [0.2, 0.25) is 0 Å². The monoisotopic (exact) mass is 246 g/mol. The van der Waals surface area contributed by atoms with E-state index in [9.17, 15) is 0 Å². The maximum atomic E-state index is 6.36. The fourth-order valence-corrected chi connectivity index (χ4v) is 3.53. The van der Waals surface area contributed by atoms with Gasteiger partial charge in [-0.25, -0.2) is 0 Å². The van der Waals surface area contributed by atoms with E-state index in [1.807, 2.05) is 0 Å². The Bertz CT molecular complexity index is 452. The molecule has 1 aromatic rings. The van der Waals surface area contributed by atoms with Gasteiger partial charge in [-0.05, 0) is 49.1 Å². The van der Waals surface area contributed by atoms with Crippen molar-refractivity contribution in [2.75, 3.05) is 0 Å². The molecule has 2 nitrogen and oxygen atoms in total. The smallest absolute Gasteiger partial charge is 0.0318 e. The van der Waals surface area contributed by atoms with E-state index < -0.39 is 0 Å². The van der Waals surface area contributed by atoms with E-state index in [2.05, 4.69) is 31.4 Å². The number of aromatic nitrogens is 1. The third-order valence-corrected chi connectivity index (χ3v) is 4.73. The highest BCUT2D eigenvalue weighted by Crippen LogP contribution is 2.41. The Labute approximate surface area is 111 Å². The second kappa shape index (κ2) is 4.12. The third-order valence-electron chi connectivity index (χ3n) is 4.73. The van der Waals surface area contributed by atoms with Crippen LogP contribution in [0, 0.1) is 18.3 Å². The average Bonchev–Trinajstić information content (AvgIpc) is 3.01. The number of hydrogen-bond acceptors (Lipinski definition) is 1. The molecule has 0 bridgehead atoms. The first-order chi connectivity index (χ1) is 8.46. The first-order valence-corrected chi connectivity index (χ1v) is 7.41. The summed E-state index contributed by atoms with van der Waals surface area (Å²) < 4.78 is 2.55. The average molecular weight is 246 g/mol. The van der Waals surface area contributed by atoms with Crippen LogP contribution in [0.1, 0.15) is 62.5 Å². The number of rotatable bonds is 3. The Balaban J connectivity index is 1.89. The van der Waals surface area contributed by atoms with Crippen LogP contribution in [0.15, 0.2) is 6.07 Å². The Kier molecular flexibility index (Phi) is 2.81. The second-order valence-corrected chi connectivity index (χ2v) is 7.22. The Hall–Kier alpha value is -0.760. The molecule has 18 heavy (non-hydrogen) atoms. The summed E-state index contributed by atoms with van der Waals surface area (Å²) >= 11 is 0. The molecule has 1 atom stereocenters. The predicted octanol–water partition coefficient (Wildman–Crippen LogP) is 3.57. The van der Waals surface area contributed by atoms with Crippen molar-refractivity contribution in [2.24, 2.45) is 17.1 Å². The maximum absolute atomic E-state index is 6.36. The van der Waals surface area contributed by atoms with E-state index >= 15 is 0 Å². The van der Waals surface area contributed by atoms with Crippen LogP contribution in [0.2, 0.25) is 0 Å². The number of aryl methyl sites for hydroxylation is 1. The van der Waals surface area contributed by atoms with Crippen molar-refractivity contribution in [3.63, 3.8) is 0 Å². The van der Waals surface area contributed by atoms with Crippen LogP contribution >= 0.6 is 0 Å². The van der Waals surface area contributed by atoms with Crippen LogP contribution in [0.4, 0.5) is 0 Å². The first kappa shape index (κ1) is 12.3. The summed E-state index contributed by atoms with van der Waals surface area (Å²) in [5, 5.41) is 0. The van der Waals surface area contributed by atoms with Crippen molar-refractivity contribution in [1.29, 1.82) is 0 Å². The molecule has 2 aliphatic carbocycles. The standard InChI is InChI=1S/C16H26N2/c1-11-8-13-14(17)9-16(2,3)10-15(13)18(11)7-6-12-4-5-12/h8,12,14H,4-7,9-10,17H2,1-3H3. The van der Waals surface area contributed by atoms with Crippen molar-refractivity contribution in [3.8, 4) is 0 Å². The van der Waals surface area contributed by atoms with Gasteiger partial charge in [0.25, 0.3) is 0 Å². The minimum Gasteiger partial charge on any atom is -0.349 e. The van der Waals surface area contributed by atoms with Gasteiger partial charge < -0.3 is 10.3 Å². The molecule has 1 unspecified atom stereocenters. The first-order valence-electron chi connectivity index (χ1n) is 7.41. The van der Waals surface area contributed by atoms with E-state index in [4.69, 9.17) is 5.73 Å². The molecule has 1 heterocycles. The zero-order valence-electron chi connectivity index (χ0n) is 12.0. The number of hydrogen-bond donors (Lipinski definition) is 1. The van der Waals surface area contributed by atoms with Gasteiger partial charge in [0.05, 0.1) is 0 Å². The summed E-state index contributed by atoms with van der Waals surface area (Å²) in [7, 11) is 0. The van der Waals surface area contributed by atoms with Gasteiger partial charge in [-0.2, -0.15) is 0 Å². The Morgan fingerprint density at radius 2 is 2.11 bits per heavy atom. The summed E-state index contributed by atoms with van der Waals surface area (Å²) in [4.78, 5) is 0. The lowest BCUT2D eigenvalue weighted by atomic mass is 9.74. The van der Waals surface area contributed by atoms with Gasteiger partial charge in [0, 0.05) is 24.0 Å². The van der Waals surface area contributed by atoms with Gasteiger partial charge in [-0.1, -0.05) is 26.7 Å². The molecule has 2 aliphatic rings. The quantitative estimate of drug-likeness (QED) is 0.868. The summed E-state index contributed by atoms with van der Waals surface area (Å²) in [6, 6.07) is 2.58. The number of fused-ring (bicyclic) bond motifs is 1. The van der Waals surface area contributed by atoms with Crippen molar-refractivity contribution in [2.45, 2.75) is 65.5 Å². The second-order valence-electron chi connectivity index (χ2n) is 7.22. The normalized spacial score (nSPS) is 26.1. The van der Waals surface area contributed by atoms with Crippen LogP contribution in [0.5, 0.6) is 0 Å². The molecule has 3 rings (SSSR count). The molecule has 1 saturated carbocycles. The van der Waals surface area contributed by atoms with Crippen LogP contribution in [-0.2, 0) is 13.0 Å².